The molecule has 1 saturated heterocycles. The van der Waals surface area contributed by atoms with Crippen LogP contribution in [0.1, 0.15) is 43.2 Å². The van der Waals surface area contributed by atoms with Gasteiger partial charge >= 0.3 is 0 Å². The minimum atomic E-state index is -3.69. The van der Waals surface area contributed by atoms with Crippen molar-refractivity contribution in [1.82, 2.24) is 4.72 Å². The number of carbonyl (C=O) groups excluding carboxylic acids is 1. The molecular weight excluding hydrogens is 364 g/mol. The van der Waals surface area contributed by atoms with E-state index in [4.69, 9.17) is 0 Å². The summed E-state index contributed by atoms with van der Waals surface area (Å²) >= 11 is 0. The van der Waals surface area contributed by atoms with Crippen LogP contribution in [-0.2, 0) is 24.8 Å². The summed E-state index contributed by atoms with van der Waals surface area (Å²) in [6.45, 7) is 3.24. The molecule has 1 amide bonds. The molecule has 1 aliphatic carbocycles. The van der Waals surface area contributed by atoms with E-state index in [0.717, 1.165) is 30.0 Å². The number of rotatable bonds is 4. The molecule has 1 saturated carbocycles. The minimum Gasteiger partial charge on any atom is -0.273 e. The molecule has 138 valence electrons. The summed E-state index contributed by atoms with van der Waals surface area (Å²) < 4.78 is 53.2. The Labute approximate surface area is 148 Å². The maximum absolute atomic E-state index is 12.7. The number of sulfonamides is 2. The first kappa shape index (κ1) is 18.3. The van der Waals surface area contributed by atoms with Crippen molar-refractivity contribution in [3.63, 3.8) is 0 Å². The Kier molecular flexibility index (Phi) is 4.67. The van der Waals surface area contributed by atoms with E-state index >= 15 is 0 Å². The van der Waals surface area contributed by atoms with Crippen molar-refractivity contribution in [2.75, 3.05) is 10.1 Å². The molecule has 0 aromatic heterocycles. The third-order valence-corrected chi connectivity index (χ3v) is 8.22. The summed E-state index contributed by atoms with van der Waals surface area (Å²) in [6.07, 6.45) is 3.63. The fourth-order valence-electron chi connectivity index (χ4n) is 3.66. The maximum Gasteiger partial charge on any atom is 0.242 e. The van der Waals surface area contributed by atoms with Crippen molar-refractivity contribution in [1.29, 1.82) is 0 Å². The lowest BCUT2D eigenvalue weighted by atomic mass is 10.1. The molecule has 1 heterocycles. The maximum atomic E-state index is 12.7. The summed E-state index contributed by atoms with van der Waals surface area (Å²) in [6, 6.07) is 2.86. The van der Waals surface area contributed by atoms with Gasteiger partial charge in [0.25, 0.3) is 0 Å². The van der Waals surface area contributed by atoms with E-state index in [2.05, 4.69) is 4.72 Å². The largest absolute Gasteiger partial charge is 0.273 e. The summed E-state index contributed by atoms with van der Waals surface area (Å²) in [5.74, 6) is -0.703. The second-order valence-electron chi connectivity index (χ2n) is 6.74. The summed E-state index contributed by atoms with van der Waals surface area (Å²) in [5, 5.41) is 0. The fourth-order valence-corrected chi connectivity index (χ4v) is 6.86. The normalized spacial score (nSPS) is 21.2. The molecule has 1 aromatic carbocycles. The first-order valence-electron chi connectivity index (χ1n) is 8.31. The number of nitrogens with one attached hydrogen (secondary N) is 1. The number of benzene rings is 1. The van der Waals surface area contributed by atoms with E-state index in [9.17, 15) is 21.6 Å². The highest BCUT2D eigenvalue weighted by Gasteiger charge is 2.37. The fraction of sp³-hybridized carbons (Fsp3) is 0.562. The SMILES string of the molecule is Cc1cc(N2C(=O)CCS2(=O)=O)cc(C)c1S(=O)(=O)NC1CCCC1. The number of amides is 1. The molecule has 1 N–H and O–H groups in total. The van der Waals surface area contributed by atoms with Crippen LogP contribution in [0.4, 0.5) is 5.69 Å². The second kappa shape index (κ2) is 6.37. The Balaban J connectivity index is 1.99. The first-order valence-corrected chi connectivity index (χ1v) is 11.4. The average Bonchev–Trinajstić information content (AvgIpc) is 3.05. The molecule has 0 bridgehead atoms. The quantitative estimate of drug-likeness (QED) is 0.847. The van der Waals surface area contributed by atoms with Crippen LogP contribution in [0.3, 0.4) is 0 Å². The standard InChI is InChI=1S/C16H22N2O5S2/c1-11-9-14(18-15(19)7-8-24(18,20)21)10-12(2)16(11)25(22,23)17-13-5-3-4-6-13/h9-10,13,17H,3-8H2,1-2H3. The summed E-state index contributed by atoms with van der Waals surface area (Å²) in [4.78, 5) is 12.1. The van der Waals surface area contributed by atoms with Crippen LogP contribution >= 0.6 is 0 Å². The van der Waals surface area contributed by atoms with Gasteiger partial charge in [-0.3, -0.25) is 4.79 Å². The molecule has 2 fully saturated rings. The predicted octanol–water partition coefficient (Wildman–Crippen LogP) is 1.59. The number of hydrogen-bond donors (Lipinski definition) is 1. The molecule has 0 radical (unpaired) electrons. The molecule has 1 aromatic rings. The summed E-state index contributed by atoms with van der Waals surface area (Å²) in [5.41, 5.74) is 1.06. The molecule has 1 aliphatic heterocycles. The van der Waals surface area contributed by atoms with Crippen molar-refractivity contribution < 1.29 is 21.6 Å². The molecule has 7 nitrogen and oxygen atoms in total. The van der Waals surface area contributed by atoms with Crippen molar-refractivity contribution in [3.05, 3.63) is 23.3 Å². The minimum absolute atomic E-state index is 0.0518. The third-order valence-electron chi connectivity index (χ3n) is 4.70. The number of nitrogens with zero attached hydrogens (tertiary/aromatic N) is 1. The zero-order chi connectivity index (χ0) is 18.4. The Morgan fingerprint density at radius 3 is 2.16 bits per heavy atom. The number of hydrogen-bond acceptors (Lipinski definition) is 5. The van der Waals surface area contributed by atoms with E-state index in [1.54, 1.807) is 13.8 Å². The molecule has 0 unspecified atom stereocenters. The van der Waals surface area contributed by atoms with Gasteiger partial charge in [0.05, 0.1) is 16.3 Å². The van der Waals surface area contributed by atoms with E-state index in [1.807, 2.05) is 0 Å². The topological polar surface area (TPSA) is 101 Å². The summed E-state index contributed by atoms with van der Waals surface area (Å²) in [7, 11) is -7.36. The van der Waals surface area contributed by atoms with Gasteiger partial charge in [-0.25, -0.2) is 25.9 Å². The Bertz CT molecular complexity index is 893. The van der Waals surface area contributed by atoms with Crippen LogP contribution in [0, 0.1) is 13.8 Å². The molecule has 3 rings (SSSR count). The Morgan fingerprint density at radius 1 is 1.12 bits per heavy atom. The lowest BCUT2D eigenvalue weighted by Gasteiger charge is -2.20. The van der Waals surface area contributed by atoms with Gasteiger partial charge in [0, 0.05) is 12.5 Å². The van der Waals surface area contributed by atoms with Crippen LogP contribution in [0.25, 0.3) is 0 Å². The molecular formula is C16H22N2O5S2. The van der Waals surface area contributed by atoms with E-state index in [-0.39, 0.29) is 28.8 Å². The van der Waals surface area contributed by atoms with Crippen molar-refractivity contribution in [3.8, 4) is 0 Å². The van der Waals surface area contributed by atoms with Gasteiger partial charge < -0.3 is 0 Å². The van der Waals surface area contributed by atoms with Gasteiger partial charge in [-0.05, 0) is 49.9 Å². The molecule has 25 heavy (non-hydrogen) atoms. The number of anilines is 1. The van der Waals surface area contributed by atoms with Crippen molar-refractivity contribution in [2.24, 2.45) is 0 Å². The lowest BCUT2D eigenvalue weighted by Crippen LogP contribution is -2.34. The Hall–Kier alpha value is -1.45. The van der Waals surface area contributed by atoms with Crippen LogP contribution in [0.15, 0.2) is 17.0 Å². The third kappa shape index (κ3) is 3.45. The van der Waals surface area contributed by atoms with E-state index in [0.29, 0.717) is 11.1 Å². The van der Waals surface area contributed by atoms with Gasteiger partial charge in [-0.2, -0.15) is 0 Å². The number of aryl methyl sites for hydroxylation is 2. The van der Waals surface area contributed by atoms with E-state index in [1.165, 1.54) is 12.1 Å². The van der Waals surface area contributed by atoms with Gasteiger partial charge in [0.2, 0.25) is 26.0 Å². The first-order chi connectivity index (χ1) is 11.6. The van der Waals surface area contributed by atoms with Crippen LogP contribution in [0.5, 0.6) is 0 Å². The van der Waals surface area contributed by atoms with Crippen LogP contribution in [0.2, 0.25) is 0 Å². The van der Waals surface area contributed by atoms with Crippen LogP contribution in [-0.4, -0.2) is 34.5 Å². The molecule has 9 heteroatoms. The monoisotopic (exact) mass is 386 g/mol. The van der Waals surface area contributed by atoms with Crippen molar-refractivity contribution in [2.45, 2.75) is 56.9 Å². The molecule has 2 aliphatic rings. The Morgan fingerprint density at radius 2 is 1.68 bits per heavy atom. The second-order valence-corrected chi connectivity index (χ2v) is 10.3. The van der Waals surface area contributed by atoms with Gasteiger partial charge in [0.1, 0.15) is 0 Å². The zero-order valence-corrected chi connectivity index (χ0v) is 15.9. The highest BCUT2D eigenvalue weighted by atomic mass is 32.2. The predicted molar refractivity (Wildman–Crippen MR) is 94.4 cm³/mol. The number of carbonyl (C=O) groups is 1. The molecule has 0 spiro atoms. The highest BCUT2D eigenvalue weighted by molar-refractivity contribution is 7.94. The smallest absolute Gasteiger partial charge is 0.242 e. The lowest BCUT2D eigenvalue weighted by molar-refractivity contribution is -0.116. The van der Waals surface area contributed by atoms with E-state index < -0.39 is 26.0 Å². The zero-order valence-electron chi connectivity index (χ0n) is 14.3. The van der Waals surface area contributed by atoms with Crippen molar-refractivity contribution >= 4 is 31.6 Å². The van der Waals surface area contributed by atoms with Crippen LogP contribution < -0.4 is 9.03 Å². The average molecular weight is 386 g/mol. The van der Waals surface area contributed by atoms with Gasteiger partial charge in [0.15, 0.2) is 0 Å². The van der Waals surface area contributed by atoms with Gasteiger partial charge in [-0.15, -0.1) is 0 Å². The molecule has 0 atom stereocenters. The van der Waals surface area contributed by atoms with Gasteiger partial charge in [-0.1, -0.05) is 12.8 Å². The highest BCUT2D eigenvalue weighted by Crippen LogP contribution is 2.31.